The van der Waals surface area contributed by atoms with E-state index >= 15 is 0 Å². The average Bonchev–Trinajstić information content (AvgIpc) is 1.61. The molecule has 0 saturated carbocycles. The quantitative estimate of drug-likeness (QED) is 0.257. The molecule has 0 rings (SSSR count). The molecule has 11 heavy (non-hydrogen) atoms. The molecule has 0 aliphatic heterocycles. The topological polar surface area (TPSA) is 98.0 Å². The van der Waals surface area contributed by atoms with E-state index in [1.54, 1.807) is 6.92 Å². The minimum atomic E-state index is -4.64. The Morgan fingerprint density at radius 2 is 1.55 bits per heavy atom. The van der Waals surface area contributed by atoms with E-state index in [1.807, 2.05) is 0 Å². The zero-order valence-electron chi connectivity index (χ0n) is 5.31. The van der Waals surface area contributed by atoms with Gasteiger partial charge in [-0.05, 0) is 6.92 Å². The van der Waals surface area contributed by atoms with E-state index in [0.717, 1.165) is 0 Å². The summed E-state index contributed by atoms with van der Waals surface area (Å²) in [5.41, 5.74) is 0. The predicted octanol–water partition coefficient (Wildman–Crippen LogP) is -0.971. The summed E-state index contributed by atoms with van der Waals surface area (Å²) in [6.07, 6.45) is -0.350. The van der Waals surface area contributed by atoms with Crippen molar-refractivity contribution in [3.05, 3.63) is 0 Å². The fourth-order valence-corrected chi connectivity index (χ4v) is 0. The van der Waals surface area contributed by atoms with Crippen LogP contribution in [0.2, 0.25) is 0 Å². The van der Waals surface area contributed by atoms with Crippen LogP contribution in [-0.4, -0.2) is 61.3 Å². The number of aliphatic hydroxyl groups is 1. The molecule has 0 radical (unpaired) electrons. The van der Waals surface area contributed by atoms with Gasteiger partial charge in [0.15, 0.2) is 0 Å². The number of phosphoric acid groups is 1. The first-order valence-corrected chi connectivity index (χ1v) is 4.39. The van der Waals surface area contributed by atoms with E-state index in [0.29, 0.717) is 5.88 Å². The molecule has 0 aliphatic carbocycles. The first kappa shape index (κ1) is 18.2. The number of aliphatic hydroxyl groups excluding tert-OH is 1. The van der Waals surface area contributed by atoms with Crippen molar-refractivity contribution in [2.75, 3.05) is 5.88 Å². The van der Waals surface area contributed by atoms with Gasteiger partial charge in [0.2, 0.25) is 0 Å². The van der Waals surface area contributed by atoms with Crippen LogP contribution >= 0.6 is 19.4 Å². The van der Waals surface area contributed by atoms with Gasteiger partial charge in [-0.3, -0.25) is 0 Å². The van der Waals surface area contributed by atoms with Gasteiger partial charge in [0.1, 0.15) is 0 Å². The van der Waals surface area contributed by atoms with Crippen LogP contribution in [0.15, 0.2) is 0 Å². The van der Waals surface area contributed by atoms with Crippen molar-refractivity contribution in [3.63, 3.8) is 0 Å². The van der Waals surface area contributed by atoms with Gasteiger partial charge in [0.25, 0.3) is 0 Å². The van der Waals surface area contributed by atoms with Crippen LogP contribution in [0.4, 0.5) is 0 Å². The molecule has 0 spiro atoms. The molecule has 0 fully saturated rings. The number of hydrogen-bond donors (Lipinski definition) is 4. The number of hydrogen-bond acceptors (Lipinski definition) is 2. The second-order valence-electron chi connectivity index (χ2n) is 1.52. The zero-order valence-corrected chi connectivity index (χ0v) is 6.96. The second-order valence-corrected chi connectivity index (χ2v) is 2.85. The van der Waals surface area contributed by atoms with Crippen LogP contribution in [-0.2, 0) is 4.57 Å². The molecule has 4 N–H and O–H groups in total. The molecule has 0 aromatic carbocycles. The van der Waals surface area contributed by atoms with Gasteiger partial charge in [0.05, 0.1) is 6.10 Å². The number of rotatable bonds is 1. The van der Waals surface area contributed by atoms with Crippen molar-refractivity contribution in [1.82, 2.24) is 0 Å². The number of alkyl halides is 1. The molecule has 8 heteroatoms. The van der Waals surface area contributed by atoms with Crippen molar-refractivity contribution in [1.29, 1.82) is 0 Å². The van der Waals surface area contributed by atoms with E-state index in [1.165, 1.54) is 0 Å². The fourth-order valence-electron chi connectivity index (χ4n) is 0. The molecule has 0 saturated heterocycles. The SMILES string of the molecule is CC(O)CCl.O=P(O)(O)O.[NaH]. The Bertz CT molecular complexity index is 106. The zero-order chi connectivity index (χ0) is 8.78. The molecular formula is C3H11ClNaO5P. The molecular weight excluding hydrogens is 205 g/mol. The summed E-state index contributed by atoms with van der Waals surface area (Å²) in [7, 11) is -4.64. The van der Waals surface area contributed by atoms with E-state index in [9.17, 15) is 0 Å². The average molecular weight is 217 g/mol. The minimum absolute atomic E-state index is 0. The van der Waals surface area contributed by atoms with Crippen LogP contribution in [0.25, 0.3) is 0 Å². The molecule has 1 unspecified atom stereocenters. The molecule has 0 amide bonds. The van der Waals surface area contributed by atoms with Crippen LogP contribution in [0, 0.1) is 0 Å². The Morgan fingerprint density at radius 3 is 1.55 bits per heavy atom. The van der Waals surface area contributed by atoms with Crippen LogP contribution in [0.3, 0.4) is 0 Å². The Hall–Kier alpha value is 1.36. The monoisotopic (exact) mass is 216 g/mol. The summed E-state index contributed by atoms with van der Waals surface area (Å²) in [4.78, 5) is 21.6. The molecule has 0 aromatic heterocycles. The maximum absolute atomic E-state index is 8.88. The standard InChI is InChI=1S/C3H7ClO.Na.H3O4P.H/c1-3(5)2-4;;1-5(2,3)4;/h3,5H,2H2,1H3;;(H3,1,2,3,4);. The van der Waals surface area contributed by atoms with Gasteiger partial charge < -0.3 is 19.8 Å². The number of halogens is 1. The Kier molecular flexibility index (Phi) is 15.6. The van der Waals surface area contributed by atoms with Gasteiger partial charge in [-0.25, -0.2) is 4.57 Å². The summed E-state index contributed by atoms with van der Waals surface area (Å²) >= 11 is 5.09. The maximum atomic E-state index is 8.88. The van der Waals surface area contributed by atoms with Gasteiger partial charge in [0, 0.05) is 5.88 Å². The molecule has 0 heterocycles. The summed E-state index contributed by atoms with van der Waals surface area (Å²) in [6.45, 7) is 1.65. The normalized spacial score (nSPS) is 12.2. The Morgan fingerprint density at radius 1 is 1.45 bits per heavy atom. The molecule has 5 nitrogen and oxygen atoms in total. The third kappa shape index (κ3) is 88.2. The third-order valence-electron chi connectivity index (χ3n) is 0.223. The summed E-state index contributed by atoms with van der Waals surface area (Å²) in [5.74, 6) is 0.333. The van der Waals surface area contributed by atoms with Crippen LogP contribution in [0.5, 0.6) is 0 Å². The first-order valence-electron chi connectivity index (χ1n) is 2.29. The molecule has 66 valence electrons. The van der Waals surface area contributed by atoms with Crippen molar-refractivity contribution >= 4 is 49.0 Å². The second kappa shape index (κ2) is 9.45. The molecule has 0 aromatic rings. The van der Waals surface area contributed by atoms with E-state index < -0.39 is 7.82 Å². The fraction of sp³-hybridized carbons (Fsp3) is 1.00. The summed E-state index contributed by atoms with van der Waals surface area (Å²) in [6, 6.07) is 0. The summed E-state index contributed by atoms with van der Waals surface area (Å²) < 4.78 is 8.88. The van der Waals surface area contributed by atoms with E-state index in [4.69, 9.17) is 36.0 Å². The predicted molar refractivity (Wildman–Crippen MR) is 43.8 cm³/mol. The molecule has 1 atom stereocenters. The Labute approximate surface area is 91.9 Å². The van der Waals surface area contributed by atoms with Crippen molar-refractivity contribution in [3.8, 4) is 0 Å². The Balaban J connectivity index is -0.000000107. The molecule has 0 bridgehead atoms. The van der Waals surface area contributed by atoms with Gasteiger partial charge in [-0.15, -0.1) is 11.6 Å². The third-order valence-corrected chi connectivity index (χ3v) is 0.670. The first-order chi connectivity index (χ1) is 4.27. The van der Waals surface area contributed by atoms with Crippen LogP contribution < -0.4 is 0 Å². The van der Waals surface area contributed by atoms with Gasteiger partial charge >= 0.3 is 37.4 Å². The summed E-state index contributed by atoms with van der Waals surface area (Å²) in [5, 5.41) is 8.23. The van der Waals surface area contributed by atoms with Crippen molar-refractivity contribution in [2.24, 2.45) is 0 Å². The van der Waals surface area contributed by atoms with Crippen molar-refractivity contribution < 1.29 is 24.4 Å². The van der Waals surface area contributed by atoms with Gasteiger partial charge in [-0.1, -0.05) is 0 Å². The van der Waals surface area contributed by atoms with Gasteiger partial charge in [-0.2, -0.15) is 0 Å². The van der Waals surface area contributed by atoms with Crippen molar-refractivity contribution in [2.45, 2.75) is 13.0 Å². The van der Waals surface area contributed by atoms with E-state index in [-0.39, 0.29) is 35.7 Å². The van der Waals surface area contributed by atoms with E-state index in [2.05, 4.69) is 0 Å². The molecule has 0 aliphatic rings. The van der Waals surface area contributed by atoms with Crippen LogP contribution in [0.1, 0.15) is 6.92 Å².